The molecule has 0 aliphatic heterocycles. The molecule has 0 spiro atoms. The Morgan fingerprint density at radius 1 is 1.29 bits per heavy atom. The van der Waals surface area contributed by atoms with Gasteiger partial charge in [-0.25, -0.2) is 0 Å². The predicted octanol–water partition coefficient (Wildman–Crippen LogP) is 2.54. The van der Waals surface area contributed by atoms with Crippen molar-refractivity contribution in [1.29, 1.82) is 0 Å². The number of esters is 1. The fraction of sp³-hybridized carbons (Fsp3) is 0.417. The second kappa shape index (κ2) is 5.99. The number of hydrogen-bond acceptors (Lipinski definition) is 4. The summed E-state index contributed by atoms with van der Waals surface area (Å²) in [6.45, 7) is 4.87. The van der Waals surface area contributed by atoms with Gasteiger partial charge in [0.05, 0.1) is 6.10 Å². The first kappa shape index (κ1) is 13.9. The van der Waals surface area contributed by atoms with Gasteiger partial charge in [-0.3, -0.25) is 9.36 Å². The van der Waals surface area contributed by atoms with E-state index in [4.69, 9.17) is 9.26 Å². The molecule has 5 heteroatoms. The van der Waals surface area contributed by atoms with E-state index in [1.54, 1.807) is 38.1 Å². The van der Waals surface area contributed by atoms with E-state index in [9.17, 15) is 9.36 Å². The molecule has 1 atom stereocenters. The van der Waals surface area contributed by atoms with E-state index in [0.29, 0.717) is 5.30 Å². The minimum atomic E-state index is -3.12. The standard InChI is InChI=1S/C12H17O4P/c1-10(2)16-17(14,9-15-11(3)13)12-7-5-4-6-8-12/h4-8,10H,9H2,1-3H3. The van der Waals surface area contributed by atoms with E-state index in [1.807, 2.05) is 6.07 Å². The van der Waals surface area contributed by atoms with Gasteiger partial charge in [0, 0.05) is 12.2 Å². The SMILES string of the molecule is CC(=O)OCP(=O)(OC(C)C)c1ccccc1. The van der Waals surface area contributed by atoms with Gasteiger partial charge in [0.25, 0.3) is 7.37 Å². The second-order valence-corrected chi connectivity index (χ2v) is 6.26. The number of carbonyl (C=O) groups excluding carboxylic acids is 1. The van der Waals surface area contributed by atoms with Gasteiger partial charge in [-0.1, -0.05) is 18.2 Å². The molecule has 1 aromatic rings. The molecule has 0 radical (unpaired) electrons. The van der Waals surface area contributed by atoms with Gasteiger partial charge in [0.1, 0.15) is 0 Å². The summed E-state index contributed by atoms with van der Waals surface area (Å²) in [5.74, 6) is -0.464. The highest BCUT2D eigenvalue weighted by atomic mass is 31.2. The minimum absolute atomic E-state index is 0.198. The molecular weight excluding hydrogens is 239 g/mol. The Kier molecular flexibility index (Phi) is 4.91. The Hall–Kier alpha value is -1.12. The summed E-state index contributed by atoms with van der Waals surface area (Å²) in [4.78, 5) is 10.8. The van der Waals surface area contributed by atoms with Crippen molar-refractivity contribution in [3.63, 3.8) is 0 Å². The quantitative estimate of drug-likeness (QED) is 0.600. The minimum Gasteiger partial charge on any atom is -0.455 e. The summed E-state index contributed by atoms with van der Waals surface area (Å²) < 4.78 is 22.9. The maximum Gasteiger partial charge on any atom is 0.303 e. The third-order valence-electron chi connectivity index (χ3n) is 1.97. The van der Waals surface area contributed by atoms with Crippen LogP contribution in [0.1, 0.15) is 20.8 Å². The molecule has 0 saturated carbocycles. The summed E-state index contributed by atoms with van der Waals surface area (Å²) in [5, 5.41) is 0.565. The van der Waals surface area contributed by atoms with Crippen LogP contribution in [0.15, 0.2) is 30.3 Å². The van der Waals surface area contributed by atoms with E-state index in [-0.39, 0.29) is 12.5 Å². The molecule has 17 heavy (non-hydrogen) atoms. The summed E-state index contributed by atoms with van der Waals surface area (Å²) in [7, 11) is -3.12. The summed E-state index contributed by atoms with van der Waals surface area (Å²) in [6.07, 6.45) is -0.415. The fourth-order valence-electron chi connectivity index (χ4n) is 1.34. The van der Waals surface area contributed by atoms with Crippen molar-refractivity contribution < 1.29 is 18.6 Å². The van der Waals surface area contributed by atoms with Crippen molar-refractivity contribution in [2.75, 3.05) is 6.35 Å². The van der Waals surface area contributed by atoms with E-state index >= 15 is 0 Å². The number of hydrogen-bond donors (Lipinski definition) is 0. The lowest BCUT2D eigenvalue weighted by molar-refractivity contribution is -0.139. The van der Waals surface area contributed by atoms with Crippen LogP contribution in [-0.2, 0) is 18.6 Å². The van der Waals surface area contributed by atoms with Crippen LogP contribution in [0.4, 0.5) is 0 Å². The fourth-order valence-corrected chi connectivity index (χ4v) is 3.33. The average Bonchev–Trinajstić information content (AvgIpc) is 2.27. The van der Waals surface area contributed by atoms with Crippen LogP contribution in [-0.4, -0.2) is 18.4 Å². The van der Waals surface area contributed by atoms with Crippen molar-refractivity contribution >= 4 is 18.6 Å². The molecule has 0 aliphatic rings. The van der Waals surface area contributed by atoms with Crippen molar-refractivity contribution in [2.24, 2.45) is 0 Å². The van der Waals surface area contributed by atoms with E-state index < -0.39 is 13.3 Å². The monoisotopic (exact) mass is 256 g/mol. The molecule has 94 valence electrons. The Labute approximate surface area is 101 Å². The molecule has 1 aromatic carbocycles. The van der Waals surface area contributed by atoms with Gasteiger partial charge >= 0.3 is 5.97 Å². The van der Waals surface area contributed by atoms with E-state index in [0.717, 1.165) is 0 Å². The van der Waals surface area contributed by atoms with Gasteiger partial charge in [-0.2, -0.15) is 0 Å². The molecule has 1 unspecified atom stereocenters. The van der Waals surface area contributed by atoms with Gasteiger partial charge < -0.3 is 9.26 Å². The normalized spacial score (nSPS) is 14.4. The van der Waals surface area contributed by atoms with Crippen LogP contribution in [0.2, 0.25) is 0 Å². The number of benzene rings is 1. The zero-order valence-electron chi connectivity index (χ0n) is 10.3. The molecule has 0 heterocycles. The van der Waals surface area contributed by atoms with E-state index in [1.165, 1.54) is 6.92 Å². The molecule has 1 rings (SSSR count). The topological polar surface area (TPSA) is 52.6 Å². The number of carbonyl (C=O) groups is 1. The van der Waals surface area contributed by atoms with Crippen LogP contribution >= 0.6 is 7.37 Å². The number of ether oxygens (including phenoxy) is 1. The first-order chi connectivity index (χ1) is 7.94. The van der Waals surface area contributed by atoms with Gasteiger partial charge in [-0.05, 0) is 26.0 Å². The highest BCUT2D eigenvalue weighted by molar-refractivity contribution is 7.66. The van der Waals surface area contributed by atoms with Crippen LogP contribution in [0, 0.1) is 0 Å². The zero-order valence-corrected chi connectivity index (χ0v) is 11.1. The molecule has 0 aliphatic carbocycles. The zero-order chi connectivity index (χ0) is 12.9. The van der Waals surface area contributed by atoms with Crippen molar-refractivity contribution in [3.05, 3.63) is 30.3 Å². The van der Waals surface area contributed by atoms with Crippen molar-refractivity contribution in [2.45, 2.75) is 26.9 Å². The molecular formula is C12H17O4P. The lowest BCUT2D eigenvalue weighted by Crippen LogP contribution is -2.16. The lowest BCUT2D eigenvalue weighted by Gasteiger charge is -2.20. The Balaban J connectivity index is 2.94. The van der Waals surface area contributed by atoms with Crippen LogP contribution in [0.3, 0.4) is 0 Å². The number of rotatable bonds is 5. The molecule has 0 bridgehead atoms. The molecule has 0 fully saturated rings. The second-order valence-electron chi connectivity index (χ2n) is 3.93. The molecule has 0 amide bonds. The highest BCUT2D eigenvalue weighted by Crippen LogP contribution is 2.46. The predicted molar refractivity (Wildman–Crippen MR) is 66.5 cm³/mol. The Morgan fingerprint density at radius 2 is 1.88 bits per heavy atom. The van der Waals surface area contributed by atoms with Gasteiger partial charge in [0.2, 0.25) is 0 Å². The third-order valence-corrected chi connectivity index (χ3v) is 4.28. The van der Waals surface area contributed by atoms with Gasteiger partial charge in [-0.15, -0.1) is 0 Å². The van der Waals surface area contributed by atoms with E-state index in [2.05, 4.69) is 0 Å². The first-order valence-electron chi connectivity index (χ1n) is 5.40. The lowest BCUT2D eigenvalue weighted by atomic mass is 10.4. The van der Waals surface area contributed by atoms with Crippen molar-refractivity contribution in [3.8, 4) is 0 Å². The Morgan fingerprint density at radius 3 is 2.35 bits per heavy atom. The summed E-state index contributed by atoms with van der Waals surface area (Å²) in [6, 6.07) is 8.81. The molecule has 4 nitrogen and oxygen atoms in total. The van der Waals surface area contributed by atoms with Crippen molar-refractivity contribution in [1.82, 2.24) is 0 Å². The molecule has 0 aromatic heterocycles. The first-order valence-corrected chi connectivity index (χ1v) is 7.21. The highest BCUT2D eigenvalue weighted by Gasteiger charge is 2.28. The van der Waals surface area contributed by atoms with Crippen LogP contribution in [0.25, 0.3) is 0 Å². The Bertz CT molecular complexity index is 414. The molecule has 0 saturated heterocycles. The summed E-state index contributed by atoms with van der Waals surface area (Å²) in [5.41, 5.74) is 0. The maximum atomic E-state index is 12.6. The largest absolute Gasteiger partial charge is 0.455 e. The maximum absolute atomic E-state index is 12.6. The average molecular weight is 256 g/mol. The molecule has 0 N–H and O–H groups in total. The smallest absolute Gasteiger partial charge is 0.303 e. The third kappa shape index (κ3) is 4.33. The summed E-state index contributed by atoms with van der Waals surface area (Å²) >= 11 is 0. The van der Waals surface area contributed by atoms with Crippen LogP contribution in [0.5, 0.6) is 0 Å². The van der Waals surface area contributed by atoms with Crippen LogP contribution < -0.4 is 5.30 Å². The van der Waals surface area contributed by atoms with Gasteiger partial charge in [0.15, 0.2) is 6.35 Å².